The van der Waals surface area contributed by atoms with E-state index in [0.29, 0.717) is 11.6 Å². The van der Waals surface area contributed by atoms with E-state index in [0.717, 1.165) is 10.9 Å². The fourth-order valence-electron chi connectivity index (χ4n) is 1.21. The Hall–Kier alpha value is -1.13. The molecule has 0 spiro atoms. The van der Waals surface area contributed by atoms with Crippen LogP contribution in [0, 0.1) is 5.82 Å². The Kier molecular flexibility index (Phi) is 3.97. The first-order valence-electron chi connectivity index (χ1n) is 4.83. The zero-order valence-electron chi connectivity index (χ0n) is 8.66. The Balaban J connectivity index is 2.16. The van der Waals surface area contributed by atoms with Gasteiger partial charge in [-0.05, 0) is 17.7 Å². The first kappa shape index (κ1) is 12.3. The fourth-order valence-corrected chi connectivity index (χ4v) is 1.71. The minimum Gasteiger partial charge on any atom is -0.439 e. The lowest BCUT2D eigenvalue weighted by Crippen LogP contribution is -1.89. The first-order valence-corrected chi connectivity index (χ1v) is 6.33. The molecule has 0 aliphatic rings. The van der Waals surface area contributed by atoms with Gasteiger partial charge in [0, 0.05) is 23.7 Å². The van der Waals surface area contributed by atoms with Crippen molar-refractivity contribution in [3.8, 4) is 11.6 Å². The SMILES string of the molecule is Fc1ccc(Oc2ccc(CBr)cn2)cc1Cl. The summed E-state index contributed by atoms with van der Waals surface area (Å²) in [5.74, 6) is 0.425. The lowest BCUT2D eigenvalue weighted by Gasteiger charge is -2.05. The number of benzene rings is 1. The summed E-state index contributed by atoms with van der Waals surface area (Å²) in [4.78, 5) is 4.11. The Morgan fingerprint density at radius 3 is 2.71 bits per heavy atom. The summed E-state index contributed by atoms with van der Waals surface area (Å²) in [6, 6.07) is 7.80. The van der Waals surface area contributed by atoms with Crippen LogP contribution < -0.4 is 4.74 Å². The average Bonchev–Trinajstić information content (AvgIpc) is 2.35. The highest BCUT2D eigenvalue weighted by Crippen LogP contribution is 2.25. The molecule has 88 valence electrons. The molecule has 1 aromatic heterocycles. The van der Waals surface area contributed by atoms with Crippen molar-refractivity contribution >= 4 is 27.5 Å². The molecule has 2 aromatic rings. The molecule has 0 radical (unpaired) electrons. The molecule has 0 bridgehead atoms. The van der Waals surface area contributed by atoms with E-state index in [-0.39, 0.29) is 5.02 Å². The number of aromatic nitrogens is 1. The van der Waals surface area contributed by atoms with Crippen LogP contribution in [0.15, 0.2) is 36.5 Å². The second kappa shape index (κ2) is 5.47. The van der Waals surface area contributed by atoms with E-state index in [2.05, 4.69) is 20.9 Å². The summed E-state index contributed by atoms with van der Waals surface area (Å²) in [6.45, 7) is 0. The molecule has 0 amide bonds. The molecule has 0 N–H and O–H groups in total. The van der Waals surface area contributed by atoms with Gasteiger partial charge in [-0.1, -0.05) is 33.6 Å². The molecular weight excluding hydrogens is 308 g/mol. The largest absolute Gasteiger partial charge is 0.439 e. The highest BCUT2D eigenvalue weighted by atomic mass is 79.9. The maximum atomic E-state index is 12.9. The molecule has 2 rings (SSSR count). The number of hydrogen-bond donors (Lipinski definition) is 0. The summed E-state index contributed by atoms with van der Waals surface area (Å²) in [5, 5.41) is 0.766. The zero-order valence-corrected chi connectivity index (χ0v) is 11.0. The van der Waals surface area contributed by atoms with Crippen LogP contribution >= 0.6 is 27.5 Å². The second-order valence-corrected chi connectivity index (χ2v) is 4.28. The van der Waals surface area contributed by atoms with Crippen molar-refractivity contribution in [2.45, 2.75) is 5.33 Å². The van der Waals surface area contributed by atoms with Gasteiger partial charge in [0.2, 0.25) is 5.88 Å². The molecule has 0 aliphatic heterocycles. The normalized spacial score (nSPS) is 10.3. The van der Waals surface area contributed by atoms with E-state index >= 15 is 0 Å². The van der Waals surface area contributed by atoms with Gasteiger partial charge in [0.25, 0.3) is 0 Å². The molecule has 0 saturated carbocycles. The van der Waals surface area contributed by atoms with Crippen LogP contribution in [0.1, 0.15) is 5.56 Å². The Bertz CT molecular complexity index is 518. The first-order chi connectivity index (χ1) is 8.19. The van der Waals surface area contributed by atoms with Crippen LogP contribution in [-0.2, 0) is 5.33 Å². The number of halogens is 3. The Morgan fingerprint density at radius 1 is 1.29 bits per heavy atom. The number of rotatable bonds is 3. The highest BCUT2D eigenvalue weighted by Gasteiger charge is 2.03. The zero-order chi connectivity index (χ0) is 12.3. The topological polar surface area (TPSA) is 22.1 Å². The maximum absolute atomic E-state index is 12.9. The predicted molar refractivity (Wildman–Crippen MR) is 68.4 cm³/mol. The number of ether oxygens (including phenoxy) is 1. The molecule has 1 aromatic carbocycles. The molecule has 5 heteroatoms. The van der Waals surface area contributed by atoms with Crippen LogP contribution in [0.25, 0.3) is 0 Å². The third-order valence-electron chi connectivity index (χ3n) is 2.07. The molecule has 0 unspecified atom stereocenters. The summed E-state index contributed by atoms with van der Waals surface area (Å²) in [6.07, 6.45) is 1.70. The lowest BCUT2D eigenvalue weighted by atomic mass is 10.3. The Labute approximate surface area is 112 Å². The number of hydrogen-bond acceptors (Lipinski definition) is 2. The van der Waals surface area contributed by atoms with Gasteiger partial charge in [-0.15, -0.1) is 0 Å². The summed E-state index contributed by atoms with van der Waals surface area (Å²) < 4.78 is 18.4. The van der Waals surface area contributed by atoms with Gasteiger partial charge in [0.15, 0.2) is 0 Å². The van der Waals surface area contributed by atoms with Gasteiger partial charge in [-0.2, -0.15) is 0 Å². The van der Waals surface area contributed by atoms with Crippen molar-refractivity contribution in [2.75, 3.05) is 0 Å². The van der Waals surface area contributed by atoms with Crippen molar-refractivity contribution in [3.63, 3.8) is 0 Å². The summed E-state index contributed by atoms with van der Waals surface area (Å²) >= 11 is 8.97. The van der Waals surface area contributed by atoms with Gasteiger partial charge in [-0.25, -0.2) is 9.37 Å². The lowest BCUT2D eigenvalue weighted by molar-refractivity contribution is 0.461. The molecule has 17 heavy (non-hydrogen) atoms. The van der Waals surface area contributed by atoms with Gasteiger partial charge in [0.05, 0.1) is 5.02 Å². The highest BCUT2D eigenvalue weighted by molar-refractivity contribution is 9.08. The van der Waals surface area contributed by atoms with Crippen LogP contribution in [0.4, 0.5) is 4.39 Å². The monoisotopic (exact) mass is 315 g/mol. The summed E-state index contributed by atoms with van der Waals surface area (Å²) in [7, 11) is 0. The predicted octanol–water partition coefficient (Wildman–Crippen LogP) is 4.56. The van der Waals surface area contributed by atoms with E-state index in [4.69, 9.17) is 16.3 Å². The van der Waals surface area contributed by atoms with Gasteiger partial charge in [-0.3, -0.25) is 0 Å². The van der Waals surface area contributed by atoms with Crippen LogP contribution in [0.2, 0.25) is 5.02 Å². The molecule has 0 fully saturated rings. The number of pyridine rings is 1. The molecule has 0 atom stereocenters. The van der Waals surface area contributed by atoms with Crippen molar-refractivity contribution in [3.05, 3.63) is 52.9 Å². The summed E-state index contributed by atoms with van der Waals surface area (Å²) in [5.41, 5.74) is 1.05. The third kappa shape index (κ3) is 3.17. The van der Waals surface area contributed by atoms with Crippen molar-refractivity contribution in [1.29, 1.82) is 0 Å². The third-order valence-corrected chi connectivity index (χ3v) is 3.00. The smallest absolute Gasteiger partial charge is 0.219 e. The van der Waals surface area contributed by atoms with E-state index in [9.17, 15) is 4.39 Å². The van der Waals surface area contributed by atoms with E-state index in [1.54, 1.807) is 12.3 Å². The number of alkyl halides is 1. The number of nitrogens with zero attached hydrogens (tertiary/aromatic N) is 1. The molecule has 0 aliphatic carbocycles. The minimum absolute atomic E-state index is 0.0274. The van der Waals surface area contributed by atoms with Gasteiger partial charge >= 0.3 is 0 Å². The van der Waals surface area contributed by atoms with Crippen LogP contribution in [-0.4, -0.2) is 4.98 Å². The minimum atomic E-state index is -0.471. The van der Waals surface area contributed by atoms with Crippen molar-refractivity contribution < 1.29 is 9.13 Å². The molecule has 2 nitrogen and oxygen atoms in total. The maximum Gasteiger partial charge on any atom is 0.219 e. The van der Waals surface area contributed by atoms with E-state index in [1.165, 1.54) is 18.2 Å². The second-order valence-electron chi connectivity index (χ2n) is 3.32. The van der Waals surface area contributed by atoms with Crippen LogP contribution in [0.5, 0.6) is 11.6 Å². The van der Waals surface area contributed by atoms with Crippen molar-refractivity contribution in [2.24, 2.45) is 0 Å². The molecule has 1 heterocycles. The Morgan fingerprint density at radius 2 is 2.12 bits per heavy atom. The molecular formula is C12H8BrClFNO. The van der Waals surface area contributed by atoms with Gasteiger partial charge in [0.1, 0.15) is 11.6 Å². The fraction of sp³-hybridized carbons (Fsp3) is 0.0833. The van der Waals surface area contributed by atoms with Crippen LogP contribution in [0.3, 0.4) is 0 Å². The quantitative estimate of drug-likeness (QED) is 0.774. The standard InChI is InChI=1S/C12H8BrClFNO/c13-6-8-1-4-12(16-7-8)17-9-2-3-11(15)10(14)5-9/h1-5,7H,6H2. The van der Waals surface area contributed by atoms with Crippen molar-refractivity contribution in [1.82, 2.24) is 4.98 Å². The average molecular weight is 317 g/mol. The van der Waals surface area contributed by atoms with E-state index < -0.39 is 5.82 Å². The van der Waals surface area contributed by atoms with E-state index in [1.807, 2.05) is 6.07 Å². The van der Waals surface area contributed by atoms with Gasteiger partial charge < -0.3 is 4.74 Å². The molecule has 0 saturated heterocycles.